The van der Waals surface area contributed by atoms with Crippen molar-refractivity contribution in [3.8, 4) is 0 Å². The summed E-state index contributed by atoms with van der Waals surface area (Å²) >= 11 is 0. The molecule has 0 aliphatic rings. The normalized spacial score (nSPS) is 10.2. The van der Waals surface area contributed by atoms with Crippen molar-refractivity contribution in [1.82, 2.24) is 0 Å². The molecule has 0 aromatic heterocycles. The van der Waals surface area contributed by atoms with Crippen molar-refractivity contribution in [1.29, 1.82) is 0 Å². The SMILES string of the molecule is Cc1cccc(C(=O)Nc2cc(C)c(C)cc2[N+](=O)[O-])c1. The number of nitrogens with one attached hydrogen (secondary N) is 1. The largest absolute Gasteiger partial charge is 0.316 e. The molecule has 0 bridgehead atoms. The average molecular weight is 284 g/mol. The molecule has 0 aliphatic heterocycles. The van der Waals surface area contributed by atoms with E-state index in [0.717, 1.165) is 16.7 Å². The lowest BCUT2D eigenvalue weighted by molar-refractivity contribution is -0.384. The van der Waals surface area contributed by atoms with E-state index >= 15 is 0 Å². The molecule has 2 aromatic carbocycles. The van der Waals surface area contributed by atoms with Gasteiger partial charge in [0.05, 0.1) is 4.92 Å². The monoisotopic (exact) mass is 284 g/mol. The Morgan fingerprint density at radius 1 is 1.10 bits per heavy atom. The number of benzene rings is 2. The third kappa shape index (κ3) is 3.25. The number of amides is 1. The Kier molecular flexibility index (Phi) is 4.03. The molecule has 0 unspecified atom stereocenters. The molecule has 1 amide bonds. The number of nitro groups is 1. The molecule has 0 fully saturated rings. The van der Waals surface area contributed by atoms with Crippen molar-refractivity contribution in [3.63, 3.8) is 0 Å². The van der Waals surface area contributed by atoms with Crippen LogP contribution in [0.2, 0.25) is 0 Å². The van der Waals surface area contributed by atoms with E-state index in [9.17, 15) is 14.9 Å². The van der Waals surface area contributed by atoms with Gasteiger partial charge in [-0.3, -0.25) is 14.9 Å². The van der Waals surface area contributed by atoms with Crippen LogP contribution in [-0.4, -0.2) is 10.8 Å². The van der Waals surface area contributed by atoms with Crippen LogP contribution in [0.1, 0.15) is 27.0 Å². The van der Waals surface area contributed by atoms with E-state index in [1.54, 1.807) is 31.2 Å². The lowest BCUT2D eigenvalue weighted by Crippen LogP contribution is -2.13. The zero-order valence-corrected chi connectivity index (χ0v) is 12.1. The summed E-state index contributed by atoms with van der Waals surface area (Å²) in [7, 11) is 0. The van der Waals surface area contributed by atoms with Gasteiger partial charge in [-0.2, -0.15) is 0 Å². The van der Waals surface area contributed by atoms with Gasteiger partial charge in [0.25, 0.3) is 11.6 Å². The molecular formula is C16H16N2O3. The van der Waals surface area contributed by atoms with Crippen LogP contribution >= 0.6 is 0 Å². The van der Waals surface area contributed by atoms with E-state index in [1.165, 1.54) is 6.07 Å². The van der Waals surface area contributed by atoms with Crippen LogP contribution in [0.3, 0.4) is 0 Å². The first-order valence-electron chi connectivity index (χ1n) is 6.52. The highest BCUT2D eigenvalue weighted by molar-refractivity contribution is 6.05. The highest BCUT2D eigenvalue weighted by Crippen LogP contribution is 2.28. The highest BCUT2D eigenvalue weighted by atomic mass is 16.6. The Hall–Kier alpha value is -2.69. The number of nitro benzene ring substituents is 1. The van der Waals surface area contributed by atoms with Gasteiger partial charge in [0.1, 0.15) is 5.69 Å². The van der Waals surface area contributed by atoms with Crippen molar-refractivity contribution in [2.45, 2.75) is 20.8 Å². The molecule has 5 heteroatoms. The molecule has 0 saturated carbocycles. The molecule has 0 atom stereocenters. The smallest absolute Gasteiger partial charge is 0.293 e. The van der Waals surface area contributed by atoms with Gasteiger partial charge in [0.2, 0.25) is 0 Å². The molecule has 5 nitrogen and oxygen atoms in total. The fourth-order valence-corrected chi connectivity index (χ4v) is 2.03. The highest BCUT2D eigenvalue weighted by Gasteiger charge is 2.18. The quantitative estimate of drug-likeness (QED) is 0.688. The lowest BCUT2D eigenvalue weighted by atomic mass is 10.1. The van der Waals surface area contributed by atoms with Crippen LogP contribution in [0.25, 0.3) is 0 Å². The minimum absolute atomic E-state index is 0.0981. The number of hydrogen-bond donors (Lipinski definition) is 1. The van der Waals surface area contributed by atoms with Gasteiger partial charge in [0.15, 0.2) is 0 Å². The summed E-state index contributed by atoms with van der Waals surface area (Å²) in [6.45, 7) is 5.53. The summed E-state index contributed by atoms with van der Waals surface area (Å²) in [5, 5.41) is 13.7. The Bertz CT molecular complexity index is 723. The summed E-state index contributed by atoms with van der Waals surface area (Å²) in [6, 6.07) is 10.2. The fourth-order valence-electron chi connectivity index (χ4n) is 2.03. The van der Waals surface area contributed by atoms with Gasteiger partial charge in [0, 0.05) is 11.6 Å². The number of aryl methyl sites for hydroxylation is 3. The van der Waals surface area contributed by atoms with Gasteiger partial charge in [-0.1, -0.05) is 17.7 Å². The summed E-state index contributed by atoms with van der Waals surface area (Å²) in [5.41, 5.74) is 3.25. The van der Waals surface area contributed by atoms with Crippen LogP contribution < -0.4 is 5.32 Å². The summed E-state index contributed by atoms with van der Waals surface area (Å²) < 4.78 is 0. The minimum atomic E-state index is -0.488. The summed E-state index contributed by atoms with van der Waals surface area (Å²) in [6.07, 6.45) is 0. The molecule has 1 N–H and O–H groups in total. The third-order valence-corrected chi connectivity index (χ3v) is 3.34. The van der Waals surface area contributed by atoms with Gasteiger partial charge in [-0.15, -0.1) is 0 Å². The van der Waals surface area contributed by atoms with Crippen LogP contribution in [-0.2, 0) is 0 Å². The van der Waals surface area contributed by atoms with Crippen molar-refractivity contribution in [3.05, 3.63) is 68.8 Å². The first kappa shape index (κ1) is 14.7. The van der Waals surface area contributed by atoms with E-state index in [1.807, 2.05) is 19.9 Å². The van der Waals surface area contributed by atoms with Gasteiger partial charge < -0.3 is 5.32 Å². The predicted octanol–water partition coefficient (Wildman–Crippen LogP) is 3.77. The van der Waals surface area contributed by atoms with Crippen molar-refractivity contribution in [2.75, 3.05) is 5.32 Å². The second-order valence-electron chi connectivity index (χ2n) is 5.03. The molecule has 2 rings (SSSR count). The fraction of sp³-hybridized carbons (Fsp3) is 0.188. The molecule has 0 radical (unpaired) electrons. The Morgan fingerprint density at radius 2 is 1.76 bits per heavy atom. The molecule has 0 saturated heterocycles. The number of nitrogens with zero attached hydrogens (tertiary/aromatic N) is 1. The van der Waals surface area contributed by atoms with Crippen LogP contribution in [0.15, 0.2) is 36.4 Å². The maximum atomic E-state index is 12.2. The lowest BCUT2D eigenvalue weighted by Gasteiger charge is -2.09. The minimum Gasteiger partial charge on any atom is -0.316 e. The number of carbonyl (C=O) groups excluding carboxylic acids is 1. The van der Waals surface area contributed by atoms with E-state index < -0.39 is 4.92 Å². The zero-order valence-electron chi connectivity index (χ0n) is 12.1. The molecule has 108 valence electrons. The van der Waals surface area contributed by atoms with Crippen molar-refractivity contribution < 1.29 is 9.72 Å². The van der Waals surface area contributed by atoms with E-state index in [0.29, 0.717) is 5.56 Å². The molecule has 0 heterocycles. The second-order valence-corrected chi connectivity index (χ2v) is 5.03. The van der Waals surface area contributed by atoms with Crippen LogP contribution in [0, 0.1) is 30.9 Å². The summed E-state index contributed by atoms with van der Waals surface area (Å²) in [5.74, 6) is -0.356. The maximum absolute atomic E-state index is 12.2. The molecular weight excluding hydrogens is 268 g/mol. The third-order valence-electron chi connectivity index (χ3n) is 3.34. The van der Waals surface area contributed by atoms with Gasteiger partial charge in [-0.25, -0.2) is 0 Å². The number of carbonyl (C=O) groups is 1. The Balaban J connectivity index is 2.37. The first-order chi connectivity index (χ1) is 9.88. The van der Waals surface area contributed by atoms with E-state index in [2.05, 4.69) is 5.32 Å². The molecule has 0 spiro atoms. The predicted molar refractivity (Wildman–Crippen MR) is 81.7 cm³/mol. The molecule has 0 aliphatic carbocycles. The molecule has 2 aromatic rings. The first-order valence-corrected chi connectivity index (χ1v) is 6.52. The second kappa shape index (κ2) is 5.75. The number of rotatable bonds is 3. The summed E-state index contributed by atoms with van der Waals surface area (Å²) in [4.78, 5) is 22.8. The van der Waals surface area contributed by atoms with Crippen LogP contribution in [0.4, 0.5) is 11.4 Å². The standard InChI is InChI=1S/C16H16N2O3/c1-10-5-4-6-13(7-10)16(19)17-14-8-11(2)12(3)9-15(14)18(20)21/h4-9H,1-3H3,(H,17,19). The van der Waals surface area contributed by atoms with Crippen LogP contribution in [0.5, 0.6) is 0 Å². The van der Waals surface area contributed by atoms with Crippen molar-refractivity contribution in [2.24, 2.45) is 0 Å². The van der Waals surface area contributed by atoms with Gasteiger partial charge in [-0.05, 0) is 50.1 Å². The van der Waals surface area contributed by atoms with Gasteiger partial charge >= 0.3 is 0 Å². The average Bonchev–Trinajstić information content (AvgIpc) is 2.42. The molecule has 21 heavy (non-hydrogen) atoms. The maximum Gasteiger partial charge on any atom is 0.293 e. The van der Waals surface area contributed by atoms with E-state index in [-0.39, 0.29) is 17.3 Å². The topological polar surface area (TPSA) is 72.2 Å². The Labute approximate surface area is 122 Å². The Morgan fingerprint density at radius 3 is 2.38 bits per heavy atom. The zero-order chi connectivity index (χ0) is 15.6. The number of anilines is 1. The number of hydrogen-bond acceptors (Lipinski definition) is 3. The van der Waals surface area contributed by atoms with E-state index in [4.69, 9.17) is 0 Å². The van der Waals surface area contributed by atoms with Crippen molar-refractivity contribution >= 4 is 17.3 Å².